The average Bonchev–Trinajstić information content (AvgIpc) is 3.11. The number of likely N-dealkylation sites (tertiary alicyclic amines) is 1. The number of carbonyl (C=O) groups excluding carboxylic acids is 1. The second-order valence-electron chi connectivity index (χ2n) is 8.50. The van der Waals surface area contributed by atoms with E-state index in [2.05, 4.69) is 45.4 Å². The Hall–Kier alpha value is -1.55. The maximum atomic E-state index is 12.7. The van der Waals surface area contributed by atoms with Crippen molar-refractivity contribution < 1.29 is 4.79 Å². The van der Waals surface area contributed by atoms with Gasteiger partial charge in [0.2, 0.25) is 5.91 Å². The molecule has 0 aromatic heterocycles. The highest BCUT2D eigenvalue weighted by atomic mass is 16.2. The van der Waals surface area contributed by atoms with Crippen LogP contribution in [0.3, 0.4) is 0 Å². The molecule has 4 rings (SSSR count). The van der Waals surface area contributed by atoms with Crippen molar-refractivity contribution in [3.05, 3.63) is 30.3 Å². The van der Waals surface area contributed by atoms with Gasteiger partial charge in [-0.2, -0.15) is 0 Å². The van der Waals surface area contributed by atoms with Crippen LogP contribution in [0.2, 0.25) is 0 Å². The first-order valence-corrected chi connectivity index (χ1v) is 10.6. The normalized spacial score (nSPS) is 23.5. The molecule has 1 N–H and O–H groups in total. The van der Waals surface area contributed by atoms with Gasteiger partial charge in [-0.15, -0.1) is 0 Å². The predicted octanol–water partition coefficient (Wildman–Crippen LogP) is 3.78. The second-order valence-corrected chi connectivity index (χ2v) is 8.50. The average molecular weight is 356 g/mol. The van der Waals surface area contributed by atoms with Crippen LogP contribution in [0.25, 0.3) is 0 Å². The van der Waals surface area contributed by atoms with Gasteiger partial charge in [0, 0.05) is 31.7 Å². The molecule has 2 heterocycles. The smallest absolute Gasteiger partial charge is 0.222 e. The Morgan fingerprint density at radius 2 is 1.81 bits per heavy atom. The molecule has 4 nitrogen and oxygen atoms in total. The molecule has 1 spiro atoms. The van der Waals surface area contributed by atoms with Gasteiger partial charge in [-0.05, 0) is 37.3 Å². The Balaban J connectivity index is 1.31. The maximum Gasteiger partial charge on any atom is 0.222 e. The van der Waals surface area contributed by atoms with Crippen LogP contribution < -0.4 is 10.2 Å². The lowest BCUT2D eigenvalue weighted by molar-refractivity contribution is -0.133. The zero-order chi connectivity index (χ0) is 17.8. The zero-order valence-electron chi connectivity index (χ0n) is 16.0. The summed E-state index contributed by atoms with van der Waals surface area (Å²) in [4.78, 5) is 17.4. The zero-order valence-corrected chi connectivity index (χ0v) is 16.0. The Kier molecular flexibility index (Phi) is 5.49. The van der Waals surface area contributed by atoms with Crippen LogP contribution in [0.1, 0.15) is 57.8 Å². The van der Waals surface area contributed by atoms with Gasteiger partial charge in [-0.3, -0.25) is 10.1 Å². The fraction of sp³-hybridized carbons (Fsp3) is 0.682. The maximum absolute atomic E-state index is 12.7. The molecule has 1 aromatic carbocycles. The molecule has 0 radical (unpaired) electrons. The van der Waals surface area contributed by atoms with Crippen molar-refractivity contribution in [3.8, 4) is 0 Å². The molecule has 26 heavy (non-hydrogen) atoms. The van der Waals surface area contributed by atoms with Crippen LogP contribution in [0.15, 0.2) is 30.3 Å². The first-order chi connectivity index (χ1) is 12.8. The summed E-state index contributed by atoms with van der Waals surface area (Å²) in [5.74, 6) is 1.19. The van der Waals surface area contributed by atoms with Crippen molar-refractivity contribution in [1.82, 2.24) is 10.2 Å². The van der Waals surface area contributed by atoms with E-state index in [-0.39, 0.29) is 5.54 Å². The van der Waals surface area contributed by atoms with Gasteiger partial charge in [0.25, 0.3) is 0 Å². The number of anilines is 1. The Bertz CT molecular complexity index is 589. The molecule has 142 valence electrons. The fourth-order valence-electron chi connectivity index (χ4n) is 5.22. The number of benzene rings is 1. The summed E-state index contributed by atoms with van der Waals surface area (Å²) in [5, 5.41) is 3.57. The van der Waals surface area contributed by atoms with E-state index < -0.39 is 0 Å². The molecule has 0 unspecified atom stereocenters. The van der Waals surface area contributed by atoms with Crippen molar-refractivity contribution in [1.29, 1.82) is 0 Å². The topological polar surface area (TPSA) is 35.6 Å². The van der Waals surface area contributed by atoms with Crippen molar-refractivity contribution in [2.75, 3.05) is 31.2 Å². The lowest BCUT2D eigenvalue weighted by atomic mass is 9.85. The van der Waals surface area contributed by atoms with E-state index in [0.717, 1.165) is 57.9 Å². The van der Waals surface area contributed by atoms with Crippen molar-refractivity contribution in [2.24, 2.45) is 5.92 Å². The summed E-state index contributed by atoms with van der Waals surface area (Å²) >= 11 is 0. The number of hydrogen-bond acceptors (Lipinski definition) is 3. The van der Waals surface area contributed by atoms with E-state index >= 15 is 0 Å². The second kappa shape index (κ2) is 7.99. The summed E-state index contributed by atoms with van der Waals surface area (Å²) in [5.41, 5.74) is 1.48. The molecule has 1 aliphatic carbocycles. The van der Waals surface area contributed by atoms with Crippen LogP contribution in [0, 0.1) is 5.92 Å². The van der Waals surface area contributed by atoms with E-state index in [9.17, 15) is 4.79 Å². The highest BCUT2D eigenvalue weighted by Crippen LogP contribution is 2.35. The first-order valence-electron chi connectivity index (χ1n) is 10.6. The molecule has 0 atom stereocenters. The molecule has 1 amide bonds. The van der Waals surface area contributed by atoms with Crippen molar-refractivity contribution >= 4 is 11.6 Å². The molecule has 1 aromatic rings. The monoisotopic (exact) mass is 355 g/mol. The Labute approximate surface area is 157 Å². The number of nitrogens with zero attached hydrogens (tertiary/aromatic N) is 2. The number of hydrogen-bond donors (Lipinski definition) is 1. The van der Waals surface area contributed by atoms with Crippen molar-refractivity contribution in [3.63, 3.8) is 0 Å². The van der Waals surface area contributed by atoms with E-state index in [1.54, 1.807) is 0 Å². The van der Waals surface area contributed by atoms with E-state index in [1.807, 2.05) is 0 Å². The number of carbonyl (C=O) groups is 1. The summed E-state index contributed by atoms with van der Waals surface area (Å²) in [6.07, 6.45) is 10.8. The molecular formula is C22H33N3O. The lowest BCUT2D eigenvalue weighted by Crippen LogP contribution is -2.55. The van der Waals surface area contributed by atoms with Gasteiger partial charge in [0.15, 0.2) is 0 Å². The van der Waals surface area contributed by atoms with Crippen LogP contribution in [-0.4, -0.2) is 42.6 Å². The molecule has 1 saturated carbocycles. The van der Waals surface area contributed by atoms with Crippen LogP contribution in [0.5, 0.6) is 0 Å². The van der Waals surface area contributed by atoms with Crippen LogP contribution in [0.4, 0.5) is 5.69 Å². The fourth-order valence-corrected chi connectivity index (χ4v) is 5.22. The molecular weight excluding hydrogens is 322 g/mol. The SMILES string of the molecule is O=C(CCC1CCCCC1)N1CCC2(CC1)CNCN2c1ccccc1. The largest absolute Gasteiger partial charge is 0.352 e. The number of amides is 1. The number of piperidine rings is 1. The molecule has 4 heteroatoms. The standard InChI is InChI=1S/C22H33N3O/c26-21(12-11-19-7-3-1-4-8-19)24-15-13-22(14-16-24)17-23-18-25(22)20-9-5-2-6-10-20/h2,5-6,9-10,19,23H,1,3-4,7-8,11-18H2. The molecule has 2 aliphatic heterocycles. The van der Waals surface area contributed by atoms with Gasteiger partial charge >= 0.3 is 0 Å². The Morgan fingerprint density at radius 3 is 2.54 bits per heavy atom. The minimum absolute atomic E-state index is 0.182. The van der Waals surface area contributed by atoms with E-state index in [0.29, 0.717) is 5.91 Å². The summed E-state index contributed by atoms with van der Waals surface area (Å²) in [7, 11) is 0. The highest BCUT2D eigenvalue weighted by Gasteiger charge is 2.43. The Morgan fingerprint density at radius 1 is 1.08 bits per heavy atom. The van der Waals surface area contributed by atoms with Crippen molar-refractivity contribution in [2.45, 2.75) is 63.3 Å². The number of nitrogens with one attached hydrogen (secondary N) is 1. The number of rotatable bonds is 4. The van der Waals surface area contributed by atoms with Crippen LogP contribution in [-0.2, 0) is 4.79 Å². The van der Waals surface area contributed by atoms with Gasteiger partial charge in [-0.1, -0.05) is 50.3 Å². The van der Waals surface area contributed by atoms with Gasteiger partial charge in [0.05, 0.1) is 12.2 Å². The van der Waals surface area contributed by atoms with E-state index in [4.69, 9.17) is 0 Å². The highest BCUT2D eigenvalue weighted by molar-refractivity contribution is 5.76. The molecule has 3 aliphatic rings. The minimum Gasteiger partial charge on any atom is -0.352 e. The van der Waals surface area contributed by atoms with Gasteiger partial charge in [0.1, 0.15) is 0 Å². The molecule has 2 saturated heterocycles. The molecule has 0 bridgehead atoms. The minimum atomic E-state index is 0.182. The predicted molar refractivity (Wildman–Crippen MR) is 106 cm³/mol. The third kappa shape index (κ3) is 3.75. The van der Waals surface area contributed by atoms with Gasteiger partial charge in [-0.25, -0.2) is 0 Å². The third-order valence-electron chi connectivity index (χ3n) is 6.90. The van der Waals surface area contributed by atoms with Gasteiger partial charge < -0.3 is 9.80 Å². The van der Waals surface area contributed by atoms with Crippen LogP contribution >= 0.6 is 0 Å². The first kappa shape index (κ1) is 17.8. The number of para-hydroxylation sites is 1. The van der Waals surface area contributed by atoms with E-state index in [1.165, 1.54) is 37.8 Å². The summed E-state index contributed by atoms with van der Waals surface area (Å²) < 4.78 is 0. The summed E-state index contributed by atoms with van der Waals surface area (Å²) in [6.45, 7) is 3.77. The lowest BCUT2D eigenvalue weighted by Gasteiger charge is -2.45. The third-order valence-corrected chi connectivity index (χ3v) is 6.90. The quantitative estimate of drug-likeness (QED) is 0.893. The molecule has 3 fully saturated rings. The summed E-state index contributed by atoms with van der Waals surface area (Å²) in [6, 6.07) is 10.7.